The number of benzene rings is 2. The Hall–Kier alpha value is -3.14. The molecule has 0 aliphatic heterocycles. The zero-order valence-corrected chi connectivity index (χ0v) is 15.8. The van der Waals surface area contributed by atoms with E-state index in [2.05, 4.69) is 28.8 Å². The molecule has 4 nitrogen and oxygen atoms in total. The van der Waals surface area contributed by atoms with E-state index in [0.717, 1.165) is 22.5 Å². The second-order valence-electron chi connectivity index (χ2n) is 6.58. The van der Waals surface area contributed by atoms with E-state index < -0.39 is 5.97 Å². The van der Waals surface area contributed by atoms with Gasteiger partial charge in [0.25, 0.3) is 0 Å². The van der Waals surface area contributed by atoms with E-state index in [4.69, 9.17) is 4.74 Å². The number of esters is 1. The number of hydrogen-bond acceptors (Lipinski definition) is 3. The first-order valence-electron chi connectivity index (χ1n) is 8.94. The first-order chi connectivity index (χ1) is 13.0. The Morgan fingerprint density at radius 1 is 0.926 bits per heavy atom. The number of carbonyl (C=O) groups excluding carboxylic acids is 2. The van der Waals surface area contributed by atoms with Crippen LogP contribution >= 0.6 is 0 Å². The Morgan fingerprint density at radius 3 is 1.93 bits per heavy atom. The highest BCUT2D eigenvalue weighted by Crippen LogP contribution is 2.31. The Balaban J connectivity index is 2.08. The van der Waals surface area contributed by atoms with Crippen molar-refractivity contribution < 1.29 is 14.3 Å². The summed E-state index contributed by atoms with van der Waals surface area (Å²) in [4.78, 5) is 23.6. The first kappa shape index (κ1) is 18.6. The number of ketones is 1. The SMILES string of the molecule is CC(=O)OCC(=O)c1cc(C)n(C(c2ccccc2)c2ccccc2)c1C. The molecule has 0 aliphatic rings. The number of nitrogens with zero attached hydrogens (tertiary/aromatic N) is 1. The Labute approximate surface area is 159 Å². The van der Waals surface area contributed by atoms with Crippen LogP contribution in [-0.4, -0.2) is 22.9 Å². The molecular formula is C23H23NO3. The minimum atomic E-state index is -0.455. The van der Waals surface area contributed by atoms with Gasteiger partial charge in [-0.1, -0.05) is 60.7 Å². The van der Waals surface area contributed by atoms with Gasteiger partial charge in [0.1, 0.15) is 0 Å². The average Bonchev–Trinajstić information content (AvgIpc) is 2.97. The molecule has 4 heteroatoms. The van der Waals surface area contributed by atoms with Crippen molar-refractivity contribution in [2.24, 2.45) is 0 Å². The summed E-state index contributed by atoms with van der Waals surface area (Å²) in [7, 11) is 0. The molecule has 0 bridgehead atoms. The quantitative estimate of drug-likeness (QED) is 0.480. The molecule has 1 heterocycles. The van der Waals surface area contributed by atoms with Crippen molar-refractivity contribution >= 4 is 11.8 Å². The third kappa shape index (κ3) is 4.00. The van der Waals surface area contributed by atoms with Crippen molar-refractivity contribution in [2.45, 2.75) is 26.8 Å². The highest BCUT2D eigenvalue weighted by atomic mass is 16.5. The van der Waals surface area contributed by atoms with Gasteiger partial charge in [0.05, 0.1) is 6.04 Å². The molecule has 0 aliphatic carbocycles. The zero-order chi connectivity index (χ0) is 19.4. The maximum Gasteiger partial charge on any atom is 0.303 e. The molecule has 0 radical (unpaired) electrons. The van der Waals surface area contributed by atoms with Crippen LogP contribution in [0.5, 0.6) is 0 Å². The summed E-state index contributed by atoms with van der Waals surface area (Å²) in [5.41, 5.74) is 4.72. The largest absolute Gasteiger partial charge is 0.457 e. The van der Waals surface area contributed by atoms with Gasteiger partial charge >= 0.3 is 5.97 Å². The Kier molecular flexibility index (Phi) is 5.55. The zero-order valence-electron chi connectivity index (χ0n) is 15.8. The fourth-order valence-electron chi connectivity index (χ4n) is 3.46. The van der Waals surface area contributed by atoms with E-state index in [1.54, 1.807) is 0 Å². The van der Waals surface area contributed by atoms with Crippen molar-refractivity contribution in [1.29, 1.82) is 0 Å². The standard InChI is InChI=1S/C23H23NO3/c1-16-14-21(22(26)15-27-18(3)25)17(2)24(16)23(19-10-6-4-7-11-19)20-12-8-5-9-13-20/h4-14,23H,15H2,1-3H3. The van der Waals surface area contributed by atoms with Crippen LogP contribution in [0.25, 0.3) is 0 Å². The maximum absolute atomic E-state index is 12.5. The summed E-state index contributed by atoms with van der Waals surface area (Å²) >= 11 is 0. The van der Waals surface area contributed by atoms with Crippen LogP contribution in [0.2, 0.25) is 0 Å². The van der Waals surface area contributed by atoms with Gasteiger partial charge < -0.3 is 9.30 Å². The van der Waals surface area contributed by atoms with Gasteiger partial charge in [0, 0.05) is 23.9 Å². The molecule has 0 spiro atoms. The van der Waals surface area contributed by atoms with Crippen molar-refractivity contribution in [3.05, 3.63) is 94.8 Å². The molecule has 3 aromatic rings. The molecule has 0 N–H and O–H groups in total. The van der Waals surface area contributed by atoms with Gasteiger partial charge in [-0.2, -0.15) is 0 Å². The second-order valence-corrected chi connectivity index (χ2v) is 6.58. The van der Waals surface area contributed by atoms with Crippen LogP contribution in [0.15, 0.2) is 66.7 Å². The molecule has 0 saturated heterocycles. The number of hydrogen-bond donors (Lipinski definition) is 0. The summed E-state index contributed by atoms with van der Waals surface area (Å²) in [6.07, 6.45) is 0. The lowest BCUT2D eigenvalue weighted by atomic mass is 9.98. The van der Waals surface area contributed by atoms with E-state index in [1.165, 1.54) is 6.92 Å². The third-order valence-electron chi connectivity index (χ3n) is 4.68. The van der Waals surface area contributed by atoms with E-state index in [-0.39, 0.29) is 18.4 Å². The lowest BCUT2D eigenvalue weighted by Crippen LogP contribution is -2.17. The molecule has 3 rings (SSSR count). The van der Waals surface area contributed by atoms with Crippen LogP contribution in [0.1, 0.15) is 45.8 Å². The molecule has 2 aromatic carbocycles. The number of aryl methyl sites for hydroxylation is 1. The first-order valence-corrected chi connectivity index (χ1v) is 8.94. The van der Waals surface area contributed by atoms with Crippen molar-refractivity contribution in [2.75, 3.05) is 6.61 Å². The molecule has 0 amide bonds. The molecule has 138 valence electrons. The molecule has 0 fully saturated rings. The van der Waals surface area contributed by atoms with Gasteiger partial charge in [-0.25, -0.2) is 0 Å². The topological polar surface area (TPSA) is 48.3 Å². The van der Waals surface area contributed by atoms with Gasteiger partial charge in [-0.3, -0.25) is 9.59 Å². The lowest BCUT2D eigenvalue weighted by Gasteiger charge is -2.24. The van der Waals surface area contributed by atoms with Gasteiger partial charge in [0.2, 0.25) is 5.78 Å². The van der Waals surface area contributed by atoms with Crippen molar-refractivity contribution in [3.63, 3.8) is 0 Å². The fraction of sp³-hybridized carbons (Fsp3) is 0.217. The molecule has 0 saturated carbocycles. The van der Waals surface area contributed by atoms with E-state index >= 15 is 0 Å². The fourth-order valence-corrected chi connectivity index (χ4v) is 3.46. The van der Waals surface area contributed by atoms with Crippen molar-refractivity contribution in [3.8, 4) is 0 Å². The molecular weight excluding hydrogens is 338 g/mol. The van der Waals surface area contributed by atoms with E-state index in [0.29, 0.717) is 5.56 Å². The minimum absolute atomic E-state index is 0.0392. The number of carbonyl (C=O) groups is 2. The predicted octanol–water partition coefficient (Wildman–Crippen LogP) is 4.49. The van der Waals surface area contributed by atoms with Gasteiger partial charge in [-0.15, -0.1) is 0 Å². The summed E-state index contributed by atoms with van der Waals surface area (Å²) in [6.45, 7) is 5.00. The monoisotopic (exact) mass is 361 g/mol. The van der Waals surface area contributed by atoms with E-state index in [9.17, 15) is 9.59 Å². The molecule has 0 unspecified atom stereocenters. The Bertz CT molecular complexity index is 903. The second kappa shape index (κ2) is 8.04. The molecule has 1 aromatic heterocycles. The van der Waals surface area contributed by atoms with Gasteiger partial charge in [-0.05, 0) is 31.0 Å². The third-order valence-corrected chi connectivity index (χ3v) is 4.68. The van der Waals surface area contributed by atoms with Gasteiger partial charge in [0.15, 0.2) is 6.61 Å². The number of rotatable bonds is 6. The Morgan fingerprint density at radius 2 is 1.44 bits per heavy atom. The van der Waals surface area contributed by atoms with Crippen LogP contribution in [0.4, 0.5) is 0 Å². The highest BCUT2D eigenvalue weighted by Gasteiger charge is 2.23. The molecule has 0 atom stereocenters. The maximum atomic E-state index is 12.5. The normalized spacial score (nSPS) is 10.8. The van der Waals surface area contributed by atoms with Crippen molar-refractivity contribution in [1.82, 2.24) is 4.57 Å². The summed E-state index contributed by atoms with van der Waals surface area (Å²) in [6, 6.07) is 22.3. The number of Topliss-reactive ketones (excluding diaryl/α,β-unsaturated/α-hetero) is 1. The van der Waals surface area contributed by atoms with Crippen LogP contribution in [-0.2, 0) is 9.53 Å². The lowest BCUT2D eigenvalue weighted by molar-refractivity contribution is -0.139. The summed E-state index contributed by atoms with van der Waals surface area (Å²) < 4.78 is 7.07. The van der Waals surface area contributed by atoms with Crippen LogP contribution in [0, 0.1) is 13.8 Å². The van der Waals surface area contributed by atoms with Crippen LogP contribution in [0.3, 0.4) is 0 Å². The number of ether oxygens (including phenoxy) is 1. The average molecular weight is 361 g/mol. The smallest absolute Gasteiger partial charge is 0.303 e. The summed E-state index contributed by atoms with van der Waals surface area (Å²) in [5, 5.41) is 0. The number of aromatic nitrogens is 1. The summed E-state index contributed by atoms with van der Waals surface area (Å²) in [5.74, 6) is -0.645. The minimum Gasteiger partial charge on any atom is -0.457 e. The van der Waals surface area contributed by atoms with Crippen LogP contribution < -0.4 is 0 Å². The highest BCUT2D eigenvalue weighted by molar-refractivity contribution is 5.99. The predicted molar refractivity (Wildman–Crippen MR) is 105 cm³/mol. The van der Waals surface area contributed by atoms with E-state index in [1.807, 2.05) is 56.3 Å². The molecule has 27 heavy (non-hydrogen) atoms.